The average Bonchev–Trinajstić information content (AvgIpc) is 2.78. The fraction of sp³-hybridized carbons (Fsp3) is 0.960. The number of carbonyl (C=O) groups is 1. The van der Waals surface area contributed by atoms with Gasteiger partial charge in [0.2, 0.25) is 0 Å². The molecule has 0 aromatic carbocycles. The topological polar surface area (TPSA) is 108 Å². The van der Waals surface area contributed by atoms with Crippen LogP contribution in [0.3, 0.4) is 0 Å². The molecule has 0 aromatic heterocycles. The Hall–Kier alpha value is -0.460. The van der Waals surface area contributed by atoms with Crippen molar-refractivity contribution < 1.29 is 28.3 Å². The first-order valence-electron chi connectivity index (χ1n) is 13.3. The monoisotopic (exact) mass is 493 g/mol. The first kappa shape index (κ1) is 32.5. The van der Waals surface area contributed by atoms with Crippen molar-refractivity contribution in [2.75, 3.05) is 26.4 Å². The van der Waals surface area contributed by atoms with E-state index in [2.05, 4.69) is 6.92 Å². The lowest BCUT2D eigenvalue weighted by Crippen LogP contribution is -2.29. The summed E-state index contributed by atoms with van der Waals surface area (Å²) in [5.74, 6) is -0.473. The van der Waals surface area contributed by atoms with Gasteiger partial charge in [-0.15, -0.1) is 0 Å². The second kappa shape index (κ2) is 22.0. The summed E-state index contributed by atoms with van der Waals surface area (Å²) >= 11 is 0. The highest BCUT2D eigenvalue weighted by molar-refractivity contribution is 7.53. The zero-order chi connectivity index (χ0) is 24.8. The summed E-state index contributed by atoms with van der Waals surface area (Å²) in [5.41, 5.74) is 4.76. The molecule has 0 rings (SSSR count). The van der Waals surface area contributed by atoms with E-state index in [4.69, 9.17) is 19.7 Å². The predicted molar refractivity (Wildman–Crippen MR) is 136 cm³/mol. The SMILES string of the molecule is CCCCCCCCCCCCCCCCCOCC(COP(=O)(O)C(C)CN)OC(C)=O. The first-order chi connectivity index (χ1) is 15.8. The van der Waals surface area contributed by atoms with E-state index in [0.29, 0.717) is 6.61 Å². The molecule has 0 heterocycles. The fourth-order valence-corrected chi connectivity index (χ4v) is 4.49. The van der Waals surface area contributed by atoms with Gasteiger partial charge in [-0.1, -0.05) is 96.8 Å². The molecule has 0 aliphatic carbocycles. The molecular weight excluding hydrogens is 441 g/mol. The molecule has 0 bridgehead atoms. The van der Waals surface area contributed by atoms with Crippen molar-refractivity contribution in [2.24, 2.45) is 5.73 Å². The van der Waals surface area contributed by atoms with Crippen molar-refractivity contribution in [3.63, 3.8) is 0 Å². The third-order valence-electron chi connectivity index (χ3n) is 5.87. The van der Waals surface area contributed by atoms with E-state index in [1.54, 1.807) is 6.92 Å². The molecular formula is C25H52NO6P. The molecule has 0 fully saturated rings. The van der Waals surface area contributed by atoms with Crippen molar-refractivity contribution in [3.8, 4) is 0 Å². The molecule has 0 spiro atoms. The van der Waals surface area contributed by atoms with Gasteiger partial charge in [0, 0.05) is 20.1 Å². The van der Waals surface area contributed by atoms with E-state index in [-0.39, 0.29) is 19.8 Å². The summed E-state index contributed by atoms with van der Waals surface area (Å²) in [6.07, 6.45) is 19.0. The zero-order valence-corrected chi connectivity index (χ0v) is 22.5. The molecule has 8 heteroatoms. The number of nitrogens with two attached hydrogens (primary N) is 1. The van der Waals surface area contributed by atoms with Gasteiger partial charge in [0.1, 0.15) is 6.10 Å². The Morgan fingerprint density at radius 1 is 0.848 bits per heavy atom. The fourth-order valence-electron chi connectivity index (χ4n) is 3.59. The van der Waals surface area contributed by atoms with Crippen LogP contribution in [0.4, 0.5) is 0 Å². The number of unbranched alkanes of at least 4 members (excludes halogenated alkanes) is 14. The summed E-state index contributed by atoms with van der Waals surface area (Å²) in [7, 11) is -3.83. The van der Waals surface area contributed by atoms with Gasteiger partial charge in [-0.2, -0.15) is 0 Å². The highest BCUT2D eigenvalue weighted by atomic mass is 31.2. The number of ether oxygens (including phenoxy) is 2. The van der Waals surface area contributed by atoms with E-state index >= 15 is 0 Å². The molecule has 0 amide bonds. The van der Waals surface area contributed by atoms with Gasteiger partial charge in [0.25, 0.3) is 0 Å². The van der Waals surface area contributed by atoms with Crippen LogP contribution in [0.1, 0.15) is 117 Å². The minimum atomic E-state index is -3.83. The zero-order valence-electron chi connectivity index (χ0n) is 21.6. The van der Waals surface area contributed by atoms with Gasteiger partial charge in [0.15, 0.2) is 0 Å². The van der Waals surface area contributed by atoms with Crippen LogP contribution in [0, 0.1) is 0 Å². The molecule has 3 N–H and O–H groups in total. The molecule has 33 heavy (non-hydrogen) atoms. The van der Waals surface area contributed by atoms with Crippen molar-refractivity contribution in [2.45, 2.75) is 129 Å². The van der Waals surface area contributed by atoms with E-state index in [1.165, 1.54) is 90.4 Å². The van der Waals surface area contributed by atoms with Crippen LogP contribution in [0.2, 0.25) is 0 Å². The van der Waals surface area contributed by atoms with Crippen LogP contribution in [-0.4, -0.2) is 49.0 Å². The van der Waals surface area contributed by atoms with E-state index < -0.39 is 25.3 Å². The highest BCUT2D eigenvalue weighted by Crippen LogP contribution is 2.46. The van der Waals surface area contributed by atoms with Crippen LogP contribution in [0.25, 0.3) is 0 Å². The maximum absolute atomic E-state index is 12.0. The maximum Gasteiger partial charge on any atom is 0.332 e. The Balaban J connectivity index is 3.64. The lowest BCUT2D eigenvalue weighted by atomic mass is 10.0. The molecule has 198 valence electrons. The minimum absolute atomic E-state index is 0.0434. The van der Waals surface area contributed by atoms with Gasteiger partial charge in [-0.05, 0) is 13.3 Å². The van der Waals surface area contributed by atoms with E-state index in [9.17, 15) is 14.3 Å². The number of rotatable bonds is 24. The Labute approximate surface area is 203 Å². The minimum Gasteiger partial charge on any atom is -0.458 e. The quantitative estimate of drug-likeness (QED) is 0.0915. The lowest BCUT2D eigenvalue weighted by Gasteiger charge is -2.22. The molecule has 0 saturated heterocycles. The molecule has 3 atom stereocenters. The normalized spacial score (nSPS) is 15.2. The second-order valence-corrected chi connectivity index (χ2v) is 11.5. The molecule has 0 aromatic rings. The van der Waals surface area contributed by atoms with Gasteiger partial charge in [-0.3, -0.25) is 9.36 Å². The molecule has 0 radical (unpaired) electrons. The molecule has 0 aliphatic heterocycles. The molecule has 0 saturated carbocycles. The Kier molecular flexibility index (Phi) is 21.7. The standard InChI is InChI=1S/C25H52NO6P/c1-4-5-6-7-8-9-10-11-12-13-14-15-16-17-18-19-30-21-25(32-24(3)27)22-31-33(28,29)23(2)20-26/h23,25H,4-22,26H2,1-3H3,(H,28,29). The number of hydrogen-bond acceptors (Lipinski definition) is 6. The summed E-state index contributed by atoms with van der Waals surface area (Å²) in [5, 5.41) is 0. The van der Waals surface area contributed by atoms with Crippen LogP contribution in [0.5, 0.6) is 0 Å². The largest absolute Gasteiger partial charge is 0.458 e. The van der Waals surface area contributed by atoms with Crippen molar-refractivity contribution in [3.05, 3.63) is 0 Å². The van der Waals surface area contributed by atoms with Crippen LogP contribution in [0.15, 0.2) is 0 Å². The number of esters is 1. The average molecular weight is 494 g/mol. The Morgan fingerprint density at radius 2 is 1.30 bits per heavy atom. The lowest BCUT2D eigenvalue weighted by molar-refractivity contribution is -0.151. The molecule has 7 nitrogen and oxygen atoms in total. The summed E-state index contributed by atoms with van der Waals surface area (Å²) < 4.78 is 27.9. The Morgan fingerprint density at radius 3 is 1.73 bits per heavy atom. The van der Waals surface area contributed by atoms with Gasteiger partial charge >= 0.3 is 13.6 Å². The summed E-state index contributed by atoms with van der Waals surface area (Å²) in [4.78, 5) is 21.1. The van der Waals surface area contributed by atoms with E-state index in [1.807, 2.05) is 0 Å². The van der Waals surface area contributed by atoms with Gasteiger partial charge in [-0.25, -0.2) is 0 Å². The third kappa shape index (κ3) is 20.6. The molecule has 3 unspecified atom stereocenters. The van der Waals surface area contributed by atoms with Crippen LogP contribution in [-0.2, 0) is 23.4 Å². The van der Waals surface area contributed by atoms with Gasteiger partial charge < -0.3 is 24.6 Å². The molecule has 0 aliphatic rings. The second-order valence-electron chi connectivity index (χ2n) is 9.20. The Bertz CT molecular complexity index is 505. The predicted octanol–water partition coefficient (Wildman–Crippen LogP) is 6.36. The number of carbonyl (C=O) groups excluding carboxylic acids is 1. The highest BCUT2D eigenvalue weighted by Gasteiger charge is 2.29. The van der Waals surface area contributed by atoms with Crippen LogP contribution < -0.4 is 5.73 Å². The summed E-state index contributed by atoms with van der Waals surface area (Å²) in [6, 6.07) is 0. The smallest absolute Gasteiger partial charge is 0.332 e. The van der Waals surface area contributed by atoms with Gasteiger partial charge in [0.05, 0.1) is 18.9 Å². The first-order valence-corrected chi connectivity index (χ1v) is 14.9. The maximum atomic E-state index is 12.0. The van der Waals surface area contributed by atoms with E-state index in [0.717, 1.165) is 12.8 Å². The van der Waals surface area contributed by atoms with Crippen molar-refractivity contribution >= 4 is 13.6 Å². The van der Waals surface area contributed by atoms with Crippen molar-refractivity contribution in [1.29, 1.82) is 0 Å². The number of hydrogen-bond donors (Lipinski definition) is 2. The van der Waals surface area contributed by atoms with Crippen LogP contribution >= 0.6 is 7.60 Å². The van der Waals surface area contributed by atoms with Crippen molar-refractivity contribution in [1.82, 2.24) is 0 Å². The summed E-state index contributed by atoms with van der Waals surface area (Å²) in [6.45, 7) is 5.69. The third-order valence-corrected chi connectivity index (χ3v) is 7.72.